The SMILES string of the molecule is COCCC1(CNC(=O)c2cc(N)ncc2[N+](=O)[O-])CC1. The molecule has 8 heteroatoms. The Balaban J connectivity index is 2.04. The Kier molecular flexibility index (Phi) is 4.37. The quantitative estimate of drug-likeness (QED) is 0.574. The van der Waals surface area contributed by atoms with Crippen LogP contribution in [0.2, 0.25) is 0 Å². The summed E-state index contributed by atoms with van der Waals surface area (Å²) in [7, 11) is 1.64. The number of nitrogens with two attached hydrogens (primary N) is 1. The van der Waals surface area contributed by atoms with Crippen LogP contribution in [0.3, 0.4) is 0 Å². The minimum absolute atomic E-state index is 0.0601. The Labute approximate surface area is 121 Å². The zero-order valence-corrected chi connectivity index (χ0v) is 11.8. The molecule has 0 bridgehead atoms. The van der Waals surface area contributed by atoms with Crippen molar-refractivity contribution in [1.82, 2.24) is 10.3 Å². The molecule has 3 N–H and O–H groups in total. The molecule has 1 heterocycles. The molecule has 0 saturated heterocycles. The number of anilines is 1. The molecule has 1 saturated carbocycles. The number of rotatable bonds is 7. The summed E-state index contributed by atoms with van der Waals surface area (Å²) >= 11 is 0. The highest BCUT2D eigenvalue weighted by Gasteiger charge is 2.42. The summed E-state index contributed by atoms with van der Waals surface area (Å²) in [5.41, 5.74) is 5.16. The Morgan fingerprint density at radius 3 is 2.90 bits per heavy atom. The van der Waals surface area contributed by atoms with Crippen molar-refractivity contribution in [3.8, 4) is 0 Å². The maximum atomic E-state index is 12.1. The van der Waals surface area contributed by atoms with Crippen LogP contribution in [0, 0.1) is 15.5 Å². The van der Waals surface area contributed by atoms with Crippen molar-refractivity contribution in [2.45, 2.75) is 19.3 Å². The first-order chi connectivity index (χ1) is 9.97. The third kappa shape index (κ3) is 3.66. The highest BCUT2D eigenvalue weighted by Crippen LogP contribution is 2.48. The fourth-order valence-corrected chi connectivity index (χ4v) is 2.17. The molecular formula is C13H18N4O4. The van der Waals surface area contributed by atoms with Crippen molar-refractivity contribution in [2.24, 2.45) is 5.41 Å². The molecule has 8 nitrogen and oxygen atoms in total. The van der Waals surface area contributed by atoms with Crippen LogP contribution >= 0.6 is 0 Å². The van der Waals surface area contributed by atoms with Crippen LogP contribution in [0.4, 0.5) is 11.5 Å². The first-order valence-electron chi connectivity index (χ1n) is 6.64. The van der Waals surface area contributed by atoms with Crippen molar-refractivity contribution < 1.29 is 14.5 Å². The predicted octanol–water partition coefficient (Wildman–Crippen LogP) is 1.12. The molecule has 0 radical (unpaired) electrons. The van der Waals surface area contributed by atoms with Crippen molar-refractivity contribution in [3.63, 3.8) is 0 Å². The number of pyridine rings is 1. The number of nitrogen functional groups attached to an aromatic ring is 1. The molecule has 1 amide bonds. The number of carbonyl (C=O) groups excluding carboxylic acids is 1. The van der Waals surface area contributed by atoms with Crippen molar-refractivity contribution >= 4 is 17.4 Å². The molecule has 1 aliphatic carbocycles. The van der Waals surface area contributed by atoms with Gasteiger partial charge < -0.3 is 15.8 Å². The first-order valence-corrected chi connectivity index (χ1v) is 6.64. The number of methoxy groups -OCH3 is 1. The highest BCUT2D eigenvalue weighted by atomic mass is 16.6. The summed E-state index contributed by atoms with van der Waals surface area (Å²) in [5.74, 6) is -0.425. The first kappa shape index (κ1) is 15.2. The van der Waals surface area contributed by atoms with Gasteiger partial charge in [0.15, 0.2) is 0 Å². The highest BCUT2D eigenvalue weighted by molar-refractivity contribution is 5.98. The van der Waals surface area contributed by atoms with Gasteiger partial charge in [-0.15, -0.1) is 0 Å². The van der Waals surface area contributed by atoms with Crippen LogP contribution in [-0.4, -0.2) is 36.1 Å². The van der Waals surface area contributed by atoms with Gasteiger partial charge in [-0.2, -0.15) is 0 Å². The molecule has 0 spiro atoms. The van der Waals surface area contributed by atoms with Gasteiger partial charge in [-0.1, -0.05) is 0 Å². The number of nitro groups is 1. The fraction of sp³-hybridized carbons (Fsp3) is 0.538. The molecule has 2 rings (SSSR count). The molecular weight excluding hydrogens is 276 g/mol. The summed E-state index contributed by atoms with van der Waals surface area (Å²) in [6.45, 7) is 1.12. The average Bonchev–Trinajstić information content (AvgIpc) is 3.22. The van der Waals surface area contributed by atoms with Crippen LogP contribution in [0.1, 0.15) is 29.6 Å². The van der Waals surface area contributed by atoms with Crippen LogP contribution in [0.25, 0.3) is 0 Å². The molecule has 0 aliphatic heterocycles. The zero-order chi connectivity index (χ0) is 15.5. The van der Waals surface area contributed by atoms with E-state index in [-0.39, 0.29) is 22.5 Å². The topological polar surface area (TPSA) is 120 Å². The maximum absolute atomic E-state index is 12.1. The van der Waals surface area contributed by atoms with Crippen LogP contribution in [0.15, 0.2) is 12.3 Å². The number of carbonyl (C=O) groups is 1. The van der Waals surface area contributed by atoms with Crippen molar-refractivity contribution in [3.05, 3.63) is 27.9 Å². The fourth-order valence-electron chi connectivity index (χ4n) is 2.17. The van der Waals surface area contributed by atoms with Gasteiger partial charge in [0.25, 0.3) is 11.6 Å². The average molecular weight is 294 g/mol. The molecule has 0 unspecified atom stereocenters. The van der Waals surface area contributed by atoms with E-state index >= 15 is 0 Å². The number of aromatic nitrogens is 1. The smallest absolute Gasteiger partial charge is 0.300 e. The lowest BCUT2D eigenvalue weighted by Gasteiger charge is -2.15. The largest absolute Gasteiger partial charge is 0.385 e. The van der Waals surface area contributed by atoms with Gasteiger partial charge in [0, 0.05) is 20.3 Å². The maximum Gasteiger partial charge on any atom is 0.300 e. The van der Waals surface area contributed by atoms with E-state index in [0.717, 1.165) is 25.5 Å². The summed E-state index contributed by atoms with van der Waals surface area (Å²) < 4.78 is 5.05. The Morgan fingerprint density at radius 1 is 1.62 bits per heavy atom. The molecule has 1 aromatic rings. The van der Waals surface area contributed by atoms with E-state index in [2.05, 4.69) is 10.3 Å². The summed E-state index contributed by atoms with van der Waals surface area (Å²) in [6, 6.07) is 1.22. The Hall–Kier alpha value is -2.22. The van der Waals surface area contributed by atoms with Gasteiger partial charge in [-0.05, 0) is 30.7 Å². The van der Waals surface area contributed by atoms with E-state index in [9.17, 15) is 14.9 Å². The van der Waals surface area contributed by atoms with Crippen LogP contribution in [-0.2, 0) is 4.74 Å². The van der Waals surface area contributed by atoms with E-state index in [1.807, 2.05) is 0 Å². The lowest BCUT2D eigenvalue weighted by atomic mass is 10.0. The second-order valence-electron chi connectivity index (χ2n) is 5.31. The monoisotopic (exact) mass is 294 g/mol. The van der Waals surface area contributed by atoms with Crippen molar-refractivity contribution in [2.75, 3.05) is 26.0 Å². The minimum atomic E-state index is -0.640. The predicted molar refractivity (Wildman–Crippen MR) is 75.8 cm³/mol. The summed E-state index contributed by atoms with van der Waals surface area (Å²) in [5, 5.41) is 13.7. The van der Waals surface area contributed by atoms with Gasteiger partial charge >= 0.3 is 0 Å². The molecule has 21 heavy (non-hydrogen) atoms. The van der Waals surface area contributed by atoms with Gasteiger partial charge in [0.05, 0.1) is 4.92 Å². The van der Waals surface area contributed by atoms with Gasteiger partial charge in [-0.25, -0.2) is 4.98 Å². The van der Waals surface area contributed by atoms with Gasteiger partial charge in [-0.3, -0.25) is 14.9 Å². The molecule has 114 valence electrons. The number of amides is 1. The zero-order valence-electron chi connectivity index (χ0n) is 11.8. The number of nitrogens with zero attached hydrogens (tertiary/aromatic N) is 2. The van der Waals surface area contributed by atoms with Gasteiger partial charge in [0.2, 0.25) is 0 Å². The lowest BCUT2D eigenvalue weighted by Crippen LogP contribution is -2.31. The van der Waals surface area contributed by atoms with Crippen LogP contribution < -0.4 is 11.1 Å². The molecule has 1 aromatic heterocycles. The summed E-state index contributed by atoms with van der Waals surface area (Å²) in [4.78, 5) is 26.1. The van der Waals surface area contributed by atoms with E-state index in [1.54, 1.807) is 7.11 Å². The molecule has 1 aliphatic rings. The normalized spacial score (nSPS) is 15.5. The van der Waals surface area contributed by atoms with E-state index < -0.39 is 10.8 Å². The second-order valence-corrected chi connectivity index (χ2v) is 5.31. The van der Waals surface area contributed by atoms with E-state index in [0.29, 0.717) is 13.2 Å². The van der Waals surface area contributed by atoms with E-state index in [4.69, 9.17) is 10.5 Å². The Morgan fingerprint density at radius 2 is 2.33 bits per heavy atom. The van der Waals surface area contributed by atoms with Crippen LogP contribution in [0.5, 0.6) is 0 Å². The second kappa shape index (κ2) is 6.04. The number of hydrogen-bond donors (Lipinski definition) is 2. The Bertz CT molecular complexity index is 557. The van der Waals surface area contributed by atoms with Crippen molar-refractivity contribution in [1.29, 1.82) is 0 Å². The molecule has 0 atom stereocenters. The van der Waals surface area contributed by atoms with Gasteiger partial charge in [0.1, 0.15) is 17.6 Å². The number of nitrogens with one attached hydrogen (secondary N) is 1. The number of ether oxygens (including phenoxy) is 1. The third-order valence-electron chi connectivity index (χ3n) is 3.76. The minimum Gasteiger partial charge on any atom is -0.385 e. The standard InChI is InChI=1S/C13H18N4O4/c1-21-5-4-13(2-3-13)8-16-12(18)9-6-11(14)15-7-10(9)17(19)20/h6-7H,2-5,8H2,1H3,(H2,14,15)(H,16,18). The third-order valence-corrected chi connectivity index (χ3v) is 3.76. The summed E-state index contributed by atoms with van der Waals surface area (Å²) in [6.07, 6.45) is 3.92. The number of hydrogen-bond acceptors (Lipinski definition) is 6. The van der Waals surface area contributed by atoms with E-state index in [1.165, 1.54) is 6.07 Å². The molecule has 0 aromatic carbocycles. The lowest BCUT2D eigenvalue weighted by molar-refractivity contribution is -0.385. The molecule has 1 fully saturated rings.